The van der Waals surface area contributed by atoms with Gasteiger partial charge >= 0.3 is 0 Å². The molecule has 2 unspecified atom stereocenters. The molecule has 1 rings (SSSR count). The van der Waals surface area contributed by atoms with E-state index in [9.17, 15) is 0 Å². The zero-order chi connectivity index (χ0) is 6.85. The van der Waals surface area contributed by atoms with Crippen molar-refractivity contribution in [1.82, 2.24) is 0 Å². The van der Waals surface area contributed by atoms with E-state index in [2.05, 4.69) is 20.8 Å². The summed E-state index contributed by atoms with van der Waals surface area (Å²) < 4.78 is 0. The fraction of sp³-hybridized carbons (Fsp3) is 1.00. The van der Waals surface area contributed by atoms with Gasteiger partial charge in [0.1, 0.15) is 0 Å². The van der Waals surface area contributed by atoms with Gasteiger partial charge in [0.25, 0.3) is 0 Å². The Bertz CT molecular complexity index is 76.0. The van der Waals surface area contributed by atoms with Gasteiger partial charge in [-0.05, 0) is 17.8 Å². The molecule has 0 N–H and O–H groups in total. The van der Waals surface area contributed by atoms with E-state index in [0.29, 0.717) is 0 Å². The topological polar surface area (TPSA) is 0 Å². The largest absolute Gasteiger partial charge is 0.0651 e. The van der Waals surface area contributed by atoms with Gasteiger partial charge in [0.2, 0.25) is 0 Å². The van der Waals surface area contributed by atoms with Crippen LogP contribution in [0.15, 0.2) is 0 Å². The van der Waals surface area contributed by atoms with Crippen molar-refractivity contribution in [3.05, 3.63) is 0 Å². The lowest BCUT2D eigenvalue weighted by atomic mass is 9.89. The zero-order valence-corrected chi connectivity index (χ0v) is 6.85. The van der Waals surface area contributed by atoms with Gasteiger partial charge in [-0.15, -0.1) is 0 Å². The average Bonchev–Trinajstić information content (AvgIpc) is 2.12. The summed E-state index contributed by atoms with van der Waals surface area (Å²) in [5.74, 6) is 3.04. The maximum Gasteiger partial charge on any atom is -0.0365 e. The molecule has 3 atom stereocenters. The summed E-state index contributed by atoms with van der Waals surface area (Å²) in [7, 11) is 0. The van der Waals surface area contributed by atoms with Crippen molar-refractivity contribution >= 4 is 0 Å². The van der Waals surface area contributed by atoms with Crippen LogP contribution >= 0.6 is 0 Å². The molecule has 0 aromatic rings. The van der Waals surface area contributed by atoms with Crippen LogP contribution in [0.5, 0.6) is 0 Å². The molecule has 0 radical (unpaired) electrons. The van der Waals surface area contributed by atoms with Crippen LogP contribution in [-0.4, -0.2) is 0 Å². The first-order valence-electron chi connectivity index (χ1n) is 4.25. The molecule has 0 heterocycles. The van der Waals surface area contributed by atoms with Crippen LogP contribution in [-0.2, 0) is 0 Å². The normalized spacial score (nSPS) is 43.7. The number of hydrogen-bond acceptors (Lipinski definition) is 0. The zero-order valence-electron chi connectivity index (χ0n) is 6.85. The van der Waals surface area contributed by atoms with Crippen molar-refractivity contribution in [2.24, 2.45) is 17.8 Å². The summed E-state index contributed by atoms with van der Waals surface area (Å²) in [6.45, 7) is 7.12. The van der Waals surface area contributed by atoms with Crippen molar-refractivity contribution in [2.75, 3.05) is 0 Å². The summed E-state index contributed by atoms with van der Waals surface area (Å²) in [5.41, 5.74) is 0. The molecule has 1 fully saturated rings. The van der Waals surface area contributed by atoms with Crippen LogP contribution < -0.4 is 0 Å². The smallest absolute Gasteiger partial charge is 0.0365 e. The quantitative estimate of drug-likeness (QED) is 0.506. The molecule has 0 aromatic carbocycles. The SMILES string of the molecule is CCC1C(C)CC[C@@H]1C. The predicted octanol–water partition coefficient (Wildman–Crippen LogP) is 3.08. The second-order valence-electron chi connectivity index (χ2n) is 3.60. The van der Waals surface area contributed by atoms with E-state index in [1.54, 1.807) is 0 Å². The molecule has 0 spiro atoms. The first kappa shape index (κ1) is 7.11. The summed E-state index contributed by atoms with van der Waals surface area (Å²) in [6, 6.07) is 0. The third kappa shape index (κ3) is 1.28. The van der Waals surface area contributed by atoms with Crippen LogP contribution in [0.1, 0.15) is 40.0 Å². The fourth-order valence-corrected chi connectivity index (χ4v) is 2.32. The van der Waals surface area contributed by atoms with E-state index in [4.69, 9.17) is 0 Å². The van der Waals surface area contributed by atoms with Gasteiger partial charge in [-0.1, -0.05) is 40.0 Å². The minimum Gasteiger partial charge on any atom is -0.0651 e. The Morgan fingerprint density at radius 2 is 1.56 bits per heavy atom. The predicted molar refractivity (Wildman–Crippen MR) is 41.3 cm³/mol. The van der Waals surface area contributed by atoms with Crippen molar-refractivity contribution in [3.8, 4) is 0 Å². The van der Waals surface area contributed by atoms with Gasteiger partial charge in [0.05, 0.1) is 0 Å². The molecular weight excluding hydrogens is 108 g/mol. The highest BCUT2D eigenvalue weighted by atomic mass is 14.3. The molecule has 9 heavy (non-hydrogen) atoms. The molecule has 1 aliphatic carbocycles. The first-order chi connectivity index (χ1) is 4.25. The monoisotopic (exact) mass is 126 g/mol. The number of rotatable bonds is 1. The van der Waals surface area contributed by atoms with Crippen molar-refractivity contribution in [2.45, 2.75) is 40.0 Å². The van der Waals surface area contributed by atoms with E-state index in [-0.39, 0.29) is 0 Å². The molecule has 0 nitrogen and oxygen atoms in total. The van der Waals surface area contributed by atoms with Gasteiger partial charge in [-0.2, -0.15) is 0 Å². The first-order valence-corrected chi connectivity index (χ1v) is 4.25. The molecule has 1 saturated carbocycles. The van der Waals surface area contributed by atoms with Gasteiger partial charge in [-0.25, -0.2) is 0 Å². The minimum atomic E-state index is 1.00. The molecule has 1 aliphatic rings. The molecule has 0 bridgehead atoms. The van der Waals surface area contributed by atoms with Crippen LogP contribution in [0.25, 0.3) is 0 Å². The third-order valence-electron chi connectivity index (χ3n) is 3.01. The van der Waals surface area contributed by atoms with Crippen molar-refractivity contribution in [3.63, 3.8) is 0 Å². The van der Waals surface area contributed by atoms with E-state index in [1.165, 1.54) is 19.3 Å². The highest BCUT2D eigenvalue weighted by molar-refractivity contribution is 4.78. The highest BCUT2D eigenvalue weighted by Gasteiger charge is 2.27. The van der Waals surface area contributed by atoms with E-state index < -0.39 is 0 Å². The molecule has 54 valence electrons. The Morgan fingerprint density at radius 1 is 1.11 bits per heavy atom. The van der Waals surface area contributed by atoms with Gasteiger partial charge in [0, 0.05) is 0 Å². The summed E-state index contributed by atoms with van der Waals surface area (Å²) in [4.78, 5) is 0. The lowest BCUT2D eigenvalue weighted by molar-refractivity contribution is 0.336. The fourth-order valence-electron chi connectivity index (χ4n) is 2.32. The van der Waals surface area contributed by atoms with Gasteiger partial charge < -0.3 is 0 Å². The van der Waals surface area contributed by atoms with E-state index in [1.807, 2.05) is 0 Å². The summed E-state index contributed by atoms with van der Waals surface area (Å²) in [6.07, 6.45) is 4.34. The second kappa shape index (κ2) is 2.72. The van der Waals surface area contributed by atoms with Crippen LogP contribution in [0.2, 0.25) is 0 Å². The van der Waals surface area contributed by atoms with Crippen molar-refractivity contribution in [1.29, 1.82) is 0 Å². The lowest BCUT2D eigenvalue weighted by Gasteiger charge is -2.16. The van der Waals surface area contributed by atoms with Crippen LogP contribution in [0.3, 0.4) is 0 Å². The summed E-state index contributed by atoms with van der Waals surface area (Å²) >= 11 is 0. The van der Waals surface area contributed by atoms with Gasteiger partial charge in [0.15, 0.2) is 0 Å². The van der Waals surface area contributed by atoms with Crippen LogP contribution in [0, 0.1) is 17.8 Å². The Morgan fingerprint density at radius 3 is 1.78 bits per heavy atom. The summed E-state index contributed by atoms with van der Waals surface area (Å²) in [5, 5.41) is 0. The molecule has 0 saturated heterocycles. The highest BCUT2D eigenvalue weighted by Crippen LogP contribution is 2.38. The van der Waals surface area contributed by atoms with Gasteiger partial charge in [-0.3, -0.25) is 0 Å². The Kier molecular flexibility index (Phi) is 2.15. The molecule has 0 amide bonds. The van der Waals surface area contributed by atoms with E-state index in [0.717, 1.165) is 17.8 Å². The minimum absolute atomic E-state index is 1.00. The van der Waals surface area contributed by atoms with E-state index >= 15 is 0 Å². The molecule has 0 aromatic heterocycles. The molecular formula is C9H18. The lowest BCUT2D eigenvalue weighted by Crippen LogP contribution is -2.08. The second-order valence-corrected chi connectivity index (χ2v) is 3.60. The average molecular weight is 126 g/mol. The Balaban J connectivity index is 2.44. The maximum atomic E-state index is 2.40. The Hall–Kier alpha value is 0. The Labute approximate surface area is 58.7 Å². The van der Waals surface area contributed by atoms with Crippen molar-refractivity contribution < 1.29 is 0 Å². The molecule has 0 heteroatoms. The third-order valence-corrected chi connectivity index (χ3v) is 3.01. The molecule has 0 aliphatic heterocycles. The number of hydrogen-bond donors (Lipinski definition) is 0. The maximum absolute atomic E-state index is 2.40. The standard InChI is InChI=1S/C9H18/c1-4-9-7(2)5-6-8(9)3/h7-9H,4-6H2,1-3H3/t7-,8?,9?/m0/s1. The van der Waals surface area contributed by atoms with Crippen LogP contribution in [0.4, 0.5) is 0 Å².